The fourth-order valence-electron chi connectivity index (χ4n) is 1.09. The number of hydrogen-bond acceptors (Lipinski definition) is 5. The Labute approximate surface area is 109 Å². The first-order chi connectivity index (χ1) is 7.47. The first kappa shape index (κ1) is 15.8. The van der Waals surface area contributed by atoms with Gasteiger partial charge in [-0.2, -0.15) is 0 Å². The number of hydrogen-bond donors (Lipinski definition) is 1. The molecule has 1 aromatic heterocycles. The molecule has 0 aliphatic carbocycles. The molecule has 6 nitrogen and oxygen atoms in total. The second-order valence-electron chi connectivity index (χ2n) is 3.43. The Kier molecular flexibility index (Phi) is 6.08. The predicted octanol–water partition coefficient (Wildman–Crippen LogP) is 1.50. The number of carbonyl (C=O) groups is 1. The lowest BCUT2D eigenvalue weighted by molar-refractivity contribution is -0.380. The van der Waals surface area contributed by atoms with E-state index in [0.29, 0.717) is 12.1 Å². The summed E-state index contributed by atoms with van der Waals surface area (Å²) in [7, 11) is 1.63. The molecule has 2 N–H and O–H groups in total. The van der Waals surface area contributed by atoms with Crippen molar-refractivity contribution in [1.29, 1.82) is 0 Å². The van der Waals surface area contributed by atoms with Gasteiger partial charge in [0.05, 0.1) is 10.5 Å². The van der Waals surface area contributed by atoms with Crippen LogP contribution in [0.4, 0.5) is 5.00 Å². The molecule has 1 rings (SSSR count). The van der Waals surface area contributed by atoms with Gasteiger partial charge in [0.1, 0.15) is 0 Å². The molecule has 1 amide bonds. The Morgan fingerprint density at radius 2 is 2.29 bits per heavy atom. The maximum atomic E-state index is 11.8. The summed E-state index contributed by atoms with van der Waals surface area (Å²) in [6, 6.07) is 1.19. The van der Waals surface area contributed by atoms with Gasteiger partial charge < -0.3 is 10.6 Å². The average Bonchev–Trinajstić information content (AvgIpc) is 2.75. The van der Waals surface area contributed by atoms with Crippen LogP contribution in [0.25, 0.3) is 0 Å². The molecule has 1 aromatic rings. The number of likely N-dealkylation sites (N-methyl/N-ethyl adjacent to an activating group) is 1. The number of nitro groups is 1. The zero-order chi connectivity index (χ0) is 12.3. The Morgan fingerprint density at radius 1 is 1.71 bits per heavy atom. The fourth-order valence-corrected chi connectivity index (χ4v) is 1.79. The molecule has 0 saturated heterocycles. The molecule has 0 fully saturated rings. The minimum absolute atomic E-state index is 0. The maximum Gasteiger partial charge on any atom is 0.324 e. The van der Waals surface area contributed by atoms with Crippen molar-refractivity contribution in [3.8, 4) is 0 Å². The lowest BCUT2D eigenvalue weighted by atomic mass is 10.2. The highest BCUT2D eigenvalue weighted by molar-refractivity contribution is 7.13. The minimum atomic E-state index is -0.506. The monoisotopic (exact) mass is 279 g/mol. The molecule has 8 heteroatoms. The van der Waals surface area contributed by atoms with Gasteiger partial charge in [0.25, 0.3) is 5.91 Å². The van der Waals surface area contributed by atoms with E-state index in [-0.39, 0.29) is 29.4 Å². The van der Waals surface area contributed by atoms with Gasteiger partial charge in [0, 0.05) is 31.1 Å². The first-order valence-corrected chi connectivity index (χ1v) is 5.55. The Bertz CT molecular complexity index is 410. The average molecular weight is 280 g/mol. The van der Waals surface area contributed by atoms with Gasteiger partial charge in [-0.25, -0.2) is 0 Å². The Morgan fingerprint density at radius 3 is 2.71 bits per heavy atom. The van der Waals surface area contributed by atoms with Crippen LogP contribution in [-0.4, -0.2) is 35.4 Å². The van der Waals surface area contributed by atoms with E-state index < -0.39 is 4.92 Å². The summed E-state index contributed by atoms with van der Waals surface area (Å²) in [5, 5.41) is 11.9. The number of rotatable bonds is 4. The van der Waals surface area contributed by atoms with Crippen molar-refractivity contribution < 1.29 is 9.72 Å². The van der Waals surface area contributed by atoms with E-state index in [9.17, 15) is 14.9 Å². The minimum Gasteiger partial charge on any atom is -0.338 e. The van der Waals surface area contributed by atoms with E-state index in [1.54, 1.807) is 7.05 Å². The van der Waals surface area contributed by atoms with Crippen molar-refractivity contribution >= 4 is 34.7 Å². The summed E-state index contributed by atoms with van der Waals surface area (Å²) in [5.41, 5.74) is 5.78. The zero-order valence-corrected chi connectivity index (χ0v) is 11.1. The van der Waals surface area contributed by atoms with Crippen molar-refractivity contribution in [3.05, 3.63) is 27.1 Å². The molecule has 1 unspecified atom stereocenters. The molecule has 0 radical (unpaired) electrons. The van der Waals surface area contributed by atoms with Crippen molar-refractivity contribution in [3.63, 3.8) is 0 Å². The molecule has 96 valence electrons. The van der Waals surface area contributed by atoms with Gasteiger partial charge in [-0.05, 0) is 6.92 Å². The summed E-state index contributed by atoms with van der Waals surface area (Å²) in [6.45, 7) is 2.17. The van der Waals surface area contributed by atoms with Crippen LogP contribution in [0.15, 0.2) is 11.4 Å². The van der Waals surface area contributed by atoms with Crippen LogP contribution in [-0.2, 0) is 0 Å². The Balaban J connectivity index is 0.00000256. The van der Waals surface area contributed by atoms with Gasteiger partial charge >= 0.3 is 5.00 Å². The molecule has 0 saturated carbocycles. The number of nitrogens with zero attached hydrogens (tertiary/aromatic N) is 2. The molecule has 0 bridgehead atoms. The molecule has 0 aromatic carbocycles. The number of halogens is 1. The molecule has 1 atom stereocenters. The van der Waals surface area contributed by atoms with Crippen LogP contribution < -0.4 is 5.73 Å². The smallest absolute Gasteiger partial charge is 0.324 e. The van der Waals surface area contributed by atoms with E-state index in [1.807, 2.05) is 6.92 Å². The third kappa shape index (κ3) is 3.65. The van der Waals surface area contributed by atoms with Crippen LogP contribution in [0, 0.1) is 10.1 Å². The van der Waals surface area contributed by atoms with Crippen LogP contribution in [0.1, 0.15) is 17.3 Å². The number of carbonyl (C=O) groups excluding carboxylic acids is 1. The SMILES string of the molecule is CC(CN)N(C)C(=O)c1csc([N+](=O)[O-])c1.Cl. The second kappa shape index (κ2) is 6.53. The molecule has 0 aliphatic rings. The van der Waals surface area contributed by atoms with Gasteiger partial charge in [0.15, 0.2) is 0 Å². The molecule has 1 heterocycles. The molecule has 17 heavy (non-hydrogen) atoms. The molecular weight excluding hydrogens is 266 g/mol. The highest BCUT2D eigenvalue weighted by Crippen LogP contribution is 2.23. The molecular formula is C9H14ClN3O3S. The van der Waals surface area contributed by atoms with Crippen molar-refractivity contribution in [2.45, 2.75) is 13.0 Å². The second-order valence-corrected chi connectivity index (χ2v) is 4.32. The lowest BCUT2D eigenvalue weighted by Gasteiger charge is -2.22. The van der Waals surface area contributed by atoms with E-state index in [0.717, 1.165) is 11.3 Å². The third-order valence-corrected chi connectivity index (χ3v) is 3.22. The molecule has 0 spiro atoms. The van der Waals surface area contributed by atoms with Crippen molar-refractivity contribution in [1.82, 2.24) is 4.90 Å². The standard InChI is InChI=1S/C9H13N3O3S.ClH/c1-6(4-10)11(2)9(13)7-3-8(12(14)15)16-5-7;/h3,5-6H,4,10H2,1-2H3;1H. The fraction of sp³-hybridized carbons (Fsp3) is 0.444. The summed E-state index contributed by atoms with van der Waals surface area (Å²) >= 11 is 0.945. The van der Waals surface area contributed by atoms with Crippen molar-refractivity contribution in [2.75, 3.05) is 13.6 Å². The quantitative estimate of drug-likeness (QED) is 0.668. The van der Waals surface area contributed by atoms with E-state index >= 15 is 0 Å². The summed E-state index contributed by atoms with van der Waals surface area (Å²) in [5.74, 6) is -0.248. The third-order valence-electron chi connectivity index (χ3n) is 2.34. The number of nitrogens with two attached hydrogens (primary N) is 1. The normalized spacial score (nSPS) is 11.5. The topological polar surface area (TPSA) is 89.5 Å². The summed E-state index contributed by atoms with van der Waals surface area (Å²) in [4.78, 5) is 23.3. The largest absolute Gasteiger partial charge is 0.338 e. The van der Waals surface area contributed by atoms with Crippen molar-refractivity contribution in [2.24, 2.45) is 5.73 Å². The number of thiophene rings is 1. The van der Waals surface area contributed by atoms with Gasteiger partial charge in [-0.3, -0.25) is 14.9 Å². The maximum absolute atomic E-state index is 11.8. The van der Waals surface area contributed by atoms with Gasteiger partial charge in [-0.1, -0.05) is 11.3 Å². The lowest BCUT2D eigenvalue weighted by Crippen LogP contribution is -2.39. The first-order valence-electron chi connectivity index (χ1n) is 4.67. The summed E-state index contributed by atoms with van der Waals surface area (Å²) in [6.07, 6.45) is 0. The van der Waals surface area contributed by atoms with Gasteiger partial charge in [-0.15, -0.1) is 12.4 Å². The van der Waals surface area contributed by atoms with Crippen LogP contribution in [0.2, 0.25) is 0 Å². The van der Waals surface area contributed by atoms with E-state index in [2.05, 4.69) is 0 Å². The van der Waals surface area contributed by atoms with Crippen LogP contribution >= 0.6 is 23.7 Å². The number of amides is 1. The highest BCUT2D eigenvalue weighted by Gasteiger charge is 2.20. The highest BCUT2D eigenvalue weighted by atomic mass is 35.5. The zero-order valence-electron chi connectivity index (χ0n) is 9.45. The summed E-state index contributed by atoms with van der Waals surface area (Å²) < 4.78 is 0. The Hall–Kier alpha value is -1.18. The van der Waals surface area contributed by atoms with Crippen LogP contribution in [0.5, 0.6) is 0 Å². The van der Waals surface area contributed by atoms with Gasteiger partial charge in [0.2, 0.25) is 0 Å². The van der Waals surface area contributed by atoms with Crippen LogP contribution in [0.3, 0.4) is 0 Å². The van der Waals surface area contributed by atoms with E-state index in [1.165, 1.54) is 16.3 Å². The predicted molar refractivity (Wildman–Crippen MR) is 68.8 cm³/mol. The van der Waals surface area contributed by atoms with E-state index in [4.69, 9.17) is 5.73 Å². The molecule has 0 aliphatic heterocycles.